The van der Waals surface area contributed by atoms with E-state index in [-0.39, 0.29) is 10.1 Å². The molecule has 1 saturated carbocycles. The van der Waals surface area contributed by atoms with Gasteiger partial charge in [0.1, 0.15) is 9.75 Å². The van der Waals surface area contributed by atoms with Crippen molar-refractivity contribution >= 4 is 110 Å². The Hall–Kier alpha value is 1.78. The van der Waals surface area contributed by atoms with Crippen molar-refractivity contribution in [2.75, 3.05) is 7.11 Å². The van der Waals surface area contributed by atoms with Crippen molar-refractivity contribution in [1.82, 2.24) is 0 Å². The number of esters is 1. The zero-order chi connectivity index (χ0) is 17.8. The molecule has 2 fully saturated rings. The van der Waals surface area contributed by atoms with Crippen molar-refractivity contribution < 1.29 is 14.3 Å². The van der Waals surface area contributed by atoms with Gasteiger partial charge in [-0.3, -0.25) is 4.79 Å². The summed E-state index contributed by atoms with van der Waals surface area (Å²) >= 11 is 56.4. The van der Waals surface area contributed by atoms with E-state index < -0.39 is 41.5 Å². The van der Waals surface area contributed by atoms with Gasteiger partial charge in [-0.1, -0.05) is 81.2 Å². The van der Waals surface area contributed by atoms with Gasteiger partial charge in [0.15, 0.2) is 4.33 Å². The first-order valence-electron chi connectivity index (χ1n) is 5.91. The summed E-state index contributed by atoms with van der Waals surface area (Å²) in [5, 5.41) is -0.314. The topological polar surface area (TPSA) is 35.5 Å². The largest absolute Gasteiger partial charge is 0.428 e. The van der Waals surface area contributed by atoms with Crippen LogP contribution in [0.15, 0.2) is 10.1 Å². The van der Waals surface area contributed by atoms with Crippen LogP contribution >= 0.6 is 104 Å². The molecule has 0 radical (unpaired) electrons. The van der Waals surface area contributed by atoms with Crippen LogP contribution in [0.5, 0.6) is 0 Å². The molecule has 0 spiro atoms. The van der Waals surface area contributed by atoms with E-state index in [2.05, 4.69) is 0 Å². The highest BCUT2D eigenvalue weighted by atomic mass is 35.6. The number of rotatable bonds is 1. The molecule has 5 unspecified atom stereocenters. The third kappa shape index (κ3) is 1.82. The number of allylic oxidation sites excluding steroid dienone is 2. The number of hydrogen-bond acceptors (Lipinski definition) is 3. The number of cyclic esters (lactones) is 1. The average molecular weight is 504 g/mol. The molecule has 0 aromatic rings. The minimum Gasteiger partial charge on any atom is -0.428 e. The number of fused-ring (bicyclic) bond motifs is 5. The third-order valence-electron chi connectivity index (χ3n) is 4.55. The number of ether oxygens (including phenoxy) is 2. The van der Waals surface area contributed by atoms with E-state index in [4.69, 9.17) is 114 Å². The maximum atomic E-state index is 12.5. The van der Waals surface area contributed by atoms with Crippen LogP contribution in [0.25, 0.3) is 0 Å². The maximum Gasteiger partial charge on any atom is 0.314 e. The highest BCUT2D eigenvalue weighted by molar-refractivity contribution is 6.69. The first-order valence-corrected chi connectivity index (χ1v) is 9.32. The Morgan fingerprint density at radius 3 is 1.96 bits per heavy atom. The molecule has 2 bridgehead atoms. The molecule has 1 aliphatic heterocycles. The van der Waals surface area contributed by atoms with Crippen LogP contribution in [-0.2, 0) is 14.3 Å². The molecule has 2 aliphatic carbocycles. The van der Waals surface area contributed by atoms with E-state index in [1.54, 1.807) is 0 Å². The van der Waals surface area contributed by atoms with Crippen LogP contribution in [0.1, 0.15) is 0 Å². The number of carbonyl (C=O) groups excluding carboxylic acids is 1. The van der Waals surface area contributed by atoms with E-state index >= 15 is 0 Å². The van der Waals surface area contributed by atoms with Crippen molar-refractivity contribution in [2.24, 2.45) is 11.8 Å². The van der Waals surface area contributed by atoms with Crippen LogP contribution in [0, 0.1) is 11.8 Å². The van der Waals surface area contributed by atoms with Crippen LogP contribution in [0.3, 0.4) is 0 Å². The van der Waals surface area contributed by atoms with Crippen molar-refractivity contribution in [3.05, 3.63) is 10.1 Å². The SMILES string of the molecule is COC1(C(Cl)(Cl)Cl)OC(=O)C2C1C1(Cl)C(Cl)=C(Cl)C2(Cl)C1(Cl)Cl. The molecular weight excluding hydrogens is 499 g/mol. The summed E-state index contributed by atoms with van der Waals surface area (Å²) in [6.07, 6.45) is 0. The molecule has 0 aromatic carbocycles. The molecule has 0 aromatic heterocycles. The Bertz CT molecular complexity index is 643. The van der Waals surface area contributed by atoms with E-state index in [0.717, 1.165) is 0 Å². The molecular formula is C11H5Cl9O3. The predicted molar refractivity (Wildman–Crippen MR) is 93.4 cm³/mol. The lowest BCUT2D eigenvalue weighted by atomic mass is 9.79. The summed E-state index contributed by atoms with van der Waals surface area (Å²) < 4.78 is 6.29. The maximum absolute atomic E-state index is 12.5. The fourth-order valence-corrected chi connectivity index (χ4v) is 7.23. The summed E-state index contributed by atoms with van der Waals surface area (Å²) in [7, 11) is 1.17. The molecule has 3 nitrogen and oxygen atoms in total. The Balaban J connectivity index is 2.37. The Labute approximate surface area is 176 Å². The lowest BCUT2D eigenvalue weighted by Gasteiger charge is -2.43. The minimum atomic E-state index is -2.23. The highest BCUT2D eigenvalue weighted by Gasteiger charge is 2.91. The van der Waals surface area contributed by atoms with Gasteiger partial charge in [-0.25, -0.2) is 0 Å². The zero-order valence-corrected chi connectivity index (χ0v) is 17.6. The van der Waals surface area contributed by atoms with Crippen LogP contribution in [-0.4, -0.2) is 36.7 Å². The Morgan fingerprint density at radius 2 is 1.52 bits per heavy atom. The van der Waals surface area contributed by atoms with Gasteiger partial charge in [-0.15, -0.1) is 23.2 Å². The van der Waals surface area contributed by atoms with Gasteiger partial charge in [-0.05, 0) is 0 Å². The van der Waals surface area contributed by atoms with Crippen molar-refractivity contribution in [3.63, 3.8) is 0 Å². The summed E-state index contributed by atoms with van der Waals surface area (Å²) in [6, 6.07) is 0. The molecule has 23 heavy (non-hydrogen) atoms. The van der Waals surface area contributed by atoms with Gasteiger partial charge >= 0.3 is 5.97 Å². The lowest BCUT2D eigenvalue weighted by Crippen LogP contribution is -2.58. The summed E-state index contributed by atoms with van der Waals surface area (Å²) in [6.45, 7) is 0. The van der Waals surface area contributed by atoms with Gasteiger partial charge < -0.3 is 9.47 Å². The molecule has 1 saturated heterocycles. The standard InChI is InChI=1S/C11H5Cl9O3/c1-22-9(11(18,19)20)3-2(6(21)23-9)7(14)4(12)5(13)8(3,15)10(7,16)17/h2-3H,1H3. The lowest BCUT2D eigenvalue weighted by molar-refractivity contribution is -0.216. The fraction of sp³-hybridized carbons (Fsp3) is 0.727. The van der Waals surface area contributed by atoms with E-state index in [1.165, 1.54) is 7.11 Å². The predicted octanol–water partition coefficient (Wildman–Crippen LogP) is 5.33. The molecule has 12 heteroatoms. The van der Waals surface area contributed by atoms with Crippen LogP contribution < -0.4 is 0 Å². The molecule has 130 valence electrons. The van der Waals surface area contributed by atoms with Gasteiger partial charge in [0.25, 0.3) is 9.58 Å². The Kier molecular flexibility index (Phi) is 4.41. The summed E-state index contributed by atoms with van der Waals surface area (Å²) in [4.78, 5) is 8.77. The number of carbonyl (C=O) groups is 1. The monoisotopic (exact) mass is 500 g/mol. The second-order valence-electron chi connectivity index (χ2n) is 5.37. The van der Waals surface area contributed by atoms with Crippen LogP contribution in [0.4, 0.5) is 0 Å². The van der Waals surface area contributed by atoms with Gasteiger partial charge in [0.2, 0.25) is 0 Å². The molecule has 3 rings (SSSR count). The number of alkyl halides is 7. The molecule has 3 aliphatic rings. The van der Waals surface area contributed by atoms with Crippen molar-refractivity contribution in [1.29, 1.82) is 0 Å². The van der Waals surface area contributed by atoms with Crippen molar-refractivity contribution in [2.45, 2.75) is 23.7 Å². The molecule has 1 heterocycles. The van der Waals surface area contributed by atoms with E-state index in [1.807, 2.05) is 0 Å². The van der Waals surface area contributed by atoms with Gasteiger partial charge in [0, 0.05) is 7.11 Å². The third-order valence-corrected chi connectivity index (χ3v) is 9.60. The van der Waals surface area contributed by atoms with Gasteiger partial charge in [0.05, 0.1) is 21.9 Å². The molecule has 5 atom stereocenters. The molecule has 0 N–H and O–H groups in total. The first-order chi connectivity index (χ1) is 10.2. The summed E-state index contributed by atoms with van der Waals surface area (Å²) in [5.41, 5.74) is 0. The van der Waals surface area contributed by atoms with Crippen LogP contribution in [0.2, 0.25) is 0 Å². The summed E-state index contributed by atoms with van der Waals surface area (Å²) in [5.74, 6) is -5.41. The second-order valence-corrected chi connectivity index (χ2v) is 10.9. The smallest absolute Gasteiger partial charge is 0.314 e. The zero-order valence-electron chi connectivity index (χ0n) is 10.8. The number of methoxy groups -OCH3 is 1. The number of halogens is 9. The fourth-order valence-electron chi connectivity index (χ4n) is 3.56. The average Bonchev–Trinajstić information content (AvgIpc) is 2.86. The molecule has 0 amide bonds. The van der Waals surface area contributed by atoms with Crippen molar-refractivity contribution in [3.8, 4) is 0 Å². The quantitative estimate of drug-likeness (QED) is 0.358. The normalized spacial score (nSPS) is 48.0. The Morgan fingerprint density at radius 1 is 1.04 bits per heavy atom. The first kappa shape index (κ1) is 19.5. The highest BCUT2D eigenvalue weighted by Crippen LogP contribution is 2.80. The second kappa shape index (κ2) is 5.19. The minimum absolute atomic E-state index is 0.156. The van der Waals surface area contributed by atoms with Gasteiger partial charge in [-0.2, -0.15) is 0 Å². The van der Waals surface area contributed by atoms with E-state index in [0.29, 0.717) is 0 Å². The van der Waals surface area contributed by atoms with E-state index in [9.17, 15) is 4.79 Å². The number of hydrogen-bond donors (Lipinski definition) is 0.